The van der Waals surface area contributed by atoms with Crippen molar-refractivity contribution in [2.75, 3.05) is 0 Å². The zero-order valence-corrected chi connectivity index (χ0v) is 13.9. The largest absolute Gasteiger partial charge is 0.284 e. The van der Waals surface area contributed by atoms with Gasteiger partial charge in [-0.3, -0.25) is 4.79 Å². The summed E-state index contributed by atoms with van der Waals surface area (Å²) >= 11 is 3.13. The van der Waals surface area contributed by atoms with Crippen LogP contribution in [0.25, 0.3) is 0 Å². The van der Waals surface area contributed by atoms with E-state index in [1.165, 1.54) is 16.2 Å². The molecule has 3 aromatic rings. The van der Waals surface area contributed by atoms with Gasteiger partial charge in [0.05, 0.1) is 16.6 Å². The molecule has 5 heteroatoms. The maximum Gasteiger partial charge on any atom is 0.284 e. The number of thiophene rings is 2. The van der Waals surface area contributed by atoms with Gasteiger partial charge in [0.25, 0.3) is 5.91 Å². The van der Waals surface area contributed by atoms with Crippen LogP contribution < -0.4 is 0 Å². The highest BCUT2D eigenvalue weighted by atomic mass is 32.1. The number of hydrogen-bond acceptors (Lipinski definition) is 4. The summed E-state index contributed by atoms with van der Waals surface area (Å²) in [6, 6.07) is 17.9. The standard InChI is InChI=1S/C18H14N2OS2/c21-18(17-9-5-11-23-17)20-15(16-8-4-10-22-16)12-14(19-20)13-6-2-1-3-7-13/h1-11,15H,12H2/t15-/m0/s1. The number of nitrogens with zero attached hydrogens (tertiary/aromatic N) is 2. The van der Waals surface area contributed by atoms with Crippen LogP contribution in [0.4, 0.5) is 0 Å². The Labute approximate surface area is 142 Å². The van der Waals surface area contributed by atoms with Crippen molar-refractivity contribution in [3.63, 3.8) is 0 Å². The van der Waals surface area contributed by atoms with Gasteiger partial charge in [0.1, 0.15) is 0 Å². The number of benzene rings is 1. The number of rotatable bonds is 3. The van der Waals surface area contributed by atoms with E-state index in [1.807, 2.05) is 59.3 Å². The minimum Gasteiger partial charge on any atom is -0.266 e. The van der Waals surface area contributed by atoms with Gasteiger partial charge in [-0.05, 0) is 28.5 Å². The van der Waals surface area contributed by atoms with E-state index in [-0.39, 0.29) is 11.9 Å². The van der Waals surface area contributed by atoms with Crippen LogP contribution in [-0.2, 0) is 0 Å². The molecule has 1 aliphatic rings. The maximum atomic E-state index is 12.8. The van der Waals surface area contributed by atoms with E-state index >= 15 is 0 Å². The second-order valence-corrected chi connectivity index (χ2v) is 7.20. The van der Waals surface area contributed by atoms with Gasteiger partial charge in [0, 0.05) is 11.3 Å². The SMILES string of the molecule is O=C(c1cccs1)N1N=C(c2ccccc2)C[C@H]1c1cccs1. The Bertz CT molecular complexity index is 823. The molecular weight excluding hydrogens is 324 g/mol. The molecule has 0 aliphatic carbocycles. The monoisotopic (exact) mass is 338 g/mol. The number of hydrogen-bond donors (Lipinski definition) is 0. The number of carbonyl (C=O) groups is 1. The molecule has 0 saturated heterocycles. The first-order chi connectivity index (χ1) is 11.3. The summed E-state index contributed by atoms with van der Waals surface area (Å²) < 4.78 is 0. The van der Waals surface area contributed by atoms with E-state index in [4.69, 9.17) is 0 Å². The highest BCUT2D eigenvalue weighted by Gasteiger charge is 2.34. The van der Waals surface area contributed by atoms with Gasteiger partial charge < -0.3 is 0 Å². The third kappa shape index (κ3) is 2.73. The van der Waals surface area contributed by atoms with Crippen molar-refractivity contribution in [2.24, 2.45) is 5.10 Å². The molecule has 23 heavy (non-hydrogen) atoms. The Hall–Kier alpha value is -2.24. The lowest BCUT2D eigenvalue weighted by Gasteiger charge is -2.19. The molecule has 3 heterocycles. The highest BCUT2D eigenvalue weighted by molar-refractivity contribution is 7.12. The van der Waals surface area contributed by atoms with Crippen LogP contribution in [0.15, 0.2) is 70.5 Å². The lowest BCUT2D eigenvalue weighted by atomic mass is 10.0. The van der Waals surface area contributed by atoms with Crippen molar-refractivity contribution < 1.29 is 4.79 Å². The lowest BCUT2D eigenvalue weighted by molar-refractivity contribution is 0.0719. The molecule has 0 radical (unpaired) electrons. The first kappa shape index (κ1) is 14.4. The number of amides is 1. The second-order valence-electron chi connectivity index (χ2n) is 5.28. The van der Waals surface area contributed by atoms with Crippen molar-refractivity contribution in [3.8, 4) is 0 Å². The molecule has 0 N–H and O–H groups in total. The Balaban J connectivity index is 1.72. The van der Waals surface area contributed by atoms with Crippen molar-refractivity contribution in [1.29, 1.82) is 0 Å². The predicted molar refractivity (Wildman–Crippen MR) is 95.1 cm³/mol. The molecule has 0 bridgehead atoms. The van der Waals surface area contributed by atoms with Crippen LogP contribution in [0.1, 0.15) is 32.6 Å². The van der Waals surface area contributed by atoms with Gasteiger partial charge >= 0.3 is 0 Å². The molecule has 1 aliphatic heterocycles. The summed E-state index contributed by atoms with van der Waals surface area (Å²) in [5.41, 5.74) is 2.05. The predicted octanol–water partition coefficient (Wildman–Crippen LogP) is 4.80. The van der Waals surface area contributed by atoms with Gasteiger partial charge in [0.15, 0.2) is 0 Å². The Morgan fingerprint density at radius 2 is 1.78 bits per heavy atom. The summed E-state index contributed by atoms with van der Waals surface area (Å²) in [7, 11) is 0. The zero-order chi connectivity index (χ0) is 15.6. The summed E-state index contributed by atoms with van der Waals surface area (Å²) in [5.74, 6) is -0.0238. The molecule has 0 fully saturated rings. The van der Waals surface area contributed by atoms with Crippen LogP contribution >= 0.6 is 22.7 Å². The first-order valence-corrected chi connectivity index (χ1v) is 9.12. The normalized spacial score (nSPS) is 17.3. The Morgan fingerprint density at radius 1 is 1.00 bits per heavy atom. The van der Waals surface area contributed by atoms with Crippen LogP contribution in [0.5, 0.6) is 0 Å². The van der Waals surface area contributed by atoms with Crippen LogP contribution in [0.3, 0.4) is 0 Å². The second kappa shape index (κ2) is 6.10. The van der Waals surface area contributed by atoms with E-state index < -0.39 is 0 Å². The summed E-state index contributed by atoms with van der Waals surface area (Å²) in [6.07, 6.45) is 0.752. The van der Waals surface area contributed by atoms with Gasteiger partial charge in [-0.15, -0.1) is 22.7 Å². The van der Waals surface area contributed by atoms with Gasteiger partial charge in [0.2, 0.25) is 0 Å². The van der Waals surface area contributed by atoms with Crippen LogP contribution in [0.2, 0.25) is 0 Å². The van der Waals surface area contributed by atoms with Crippen molar-refractivity contribution in [2.45, 2.75) is 12.5 Å². The van der Waals surface area contributed by atoms with E-state index in [9.17, 15) is 4.79 Å². The highest BCUT2D eigenvalue weighted by Crippen LogP contribution is 2.36. The third-order valence-corrected chi connectivity index (χ3v) is 5.66. The number of carbonyl (C=O) groups excluding carboxylic acids is 1. The van der Waals surface area contributed by atoms with Crippen molar-refractivity contribution >= 4 is 34.3 Å². The van der Waals surface area contributed by atoms with E-state index in [0.717, 1.165) is 22.6 Å². The van der Waals surface area contributed by atoms with Gasteiger partial charge in [-0.25, -0.2) is 5.01 Å². The minimum atomic E-state index is -0.0238. The average molecular weight is 338 g/mol. The van der Waals surface area contributed by atoms with Crippen LogP contribution in [0, 0.1) is 0 Å². The zero-order valence-electron chi connectivity index (χ0n) is 12.3. The average Bonchev–Trinajstić information content (AvgIpc) is 3.35. The molecular formula is C18H14N2OS2. The summed E-state index contributed by atoms with van der Waals surface area (Å²) in [6.45, 7) is 0. The smallest absolute Gasteiger partial charge is 0.266 e. The fourth-order valence-corrected chi connectivity index (χ4v) is 4.19. The minimum absolute atomic E-state index is 0.0141. The maximum absolute atomic E-state index is 12.8. The molecule has 1 amide bonds. The molecule has 0 unspecified atom stereocenters. The summed E-state index contributed by atoms with van der Waals surface area (Å²) in [4.78, 5) is 14.7. The molecule has 3 nitrogen and oxygen atoms in total. The fraction of sp³-hybridized carbons (Fsp3) is 0.111. The van der Waals surface area contributed by atoms with Gasteiger partial charge in [-0.2, -0.15) is 5.10 Å². The molecule has 1 aromatic carbocycles. The van der Waals surface area contributed by atoms with Crippen molar-refractivity contribution in [1.82, 2.24) is 5.01 Å². The Kier molecular flexibility index (Phi) is 3.81. The molecule has 0 spiro atoms. The lowest BCUT2D eigenvalue weighted by Crippen LogP contribution is -2.25. The summed E-state index contributed by atoms with van der Waals surface area (Å²) in [5, 5.41) is 10.3. The molecule has 2 aromatic heterocycles. The molecule has 1 atom stereocenters. The molecule has 0 saturated carbocycles. The first-order valence-electron chi connectivity index (χ1n) is 7.36. The fourth-order valence-electron chi connectivity index (χ4n) is 2.72. The quantitative estimate of drug-likeness (QED) is 0.675. The topological polar surface area (TPSA) is 32.7 Å². The van der Waals surface area contributed by atoms with E-state index in [0.29, 0.717) is 0 Å². The third-order valence-electron chi connectivity index (χ3n) is 3.83. The molecule has 4 rings (SSSR count). The van der Waals surface area contributed by atoms with E-state index in [1.54, 1.807) is 16.3 Å². The van der Waals surface area contributed by atoms with Crippen molar-refractivity contribution in [3.05, 3.63) is 80.7 Å². The Morgan fingerprint density at radius 3 is 2.48 bits per heavy atom. The van der Waals surface area contributed by atoms with E-state index in [2.05, 4.69) is 11.2 Å². The molecule has 114 valence electrons. The number of hydrazone groups is 1. The van der Waals surface area contributed by atoms with Crippen LogP contribution in [-0.4, -0.2) is 16.6 Å². The van der Waals surface area contributed by atoms with Gasteiger partial charge in [-0.1, -0.05) is 42.5 Å².